The van der Waals surface area contributed by atoms with Crippen molar-refractivity contribution < 1.29 is 5.11 Å². The lowest BCUT2D eigenvalue weighted by molar-refractivity contribution is 0.311. The predicted molar refractivity (Wildman–Crippen MR) is 48.2 cm³/mol. The van der Waals surface area contributed by atoms with Gasteiger partial charge in [0, 0.05) is 19.3 Å². The van der Waals surface area contributed by atoms with E-state index in [1.165, 1.54) is 0 Å². The van der Waals surface area contributed by atoms with Gasteiger partial charge in [0.15, 0.2) is 0 Å². The third kappa shape index (κ3) is 1.98. The van der Waals surface area contributed by atoms with Gasteiger partial charge in [0.25, 0.3) is 0 Å². The molecule has 0 bridgehead atoms. The second kappa shape index (κ2) is 4.11. The highest BCUT2D eigenvalue weighted by atomic mass is 16.3. The van der Waals surface area contributed by atoms with E-state index < -0.39 is 0 Å². The first-order valence-corrected chi connectivity index (χ1v) is 4.16. The largest absolute Gasteiger partial charge is 0.395 e. The summed E-state index contributed by atoms with van der Waals surface area (Å²) in [6.07, 6.45) is 1.95. The molecule has 0 atom stereocenters. The van der Waals surface area contributed by atoms with Gasteiger partial charge in [-0.05, 0) is 13.8 Å². The van der Waals surface area contributed by atoms with Crippen LogP contribution in [0.3, 0.4) is 0 Å². The van der Waals surface area contributed by atoms with Gasteiger partial charge in [-0.2, -0.15) is 5.10 Å². The second-order valence-corrected chi connectivity index (χ2v) is 2.63. The molecule has 0 fully saturated rings. The number of nitrogens with one attached hydrogen (secondary N) is 1. The summed E-state index contributed by atoms with van der Waals surface area (Å²) in [5.74, 6) is 0. The molecule has 0 aliphatic carbocycles. The molecule has 1 heterocycles. The van der Waals surface area contributed by atoms with Crippen molar-refractivity contribution in [2.75, 3.05) is 18.5 Å². The minimum absolute atomic E-state index is 0.150. The minimum Gasteiger partial charge on any atom is -0.395 e. The van der Waals surface area contributed by atoms with Gasteiger partial charge >= 0.3 is 0 Å². The summed E-state index contributed by atoms with van der Waals surface area (Å²) >= 11 is 0. The Labute approximate surface area is 72.2 Å². The molecule has 0 saturated heterocycles. The summed E-state index contributed by atoms with van der Waals surface area (Å²) in [6, 6.07) is 0. The molecule has 1 rings (SSSR count). The number of nitrogens with zero attached hydrogens (tertiary/aromatic N) is 2. The lowest BCUT2D eigenvalue weighted by atomic mass is 10.4. The van der Waals surface area contributed by atoms with Gasteiger partial charge in [-0.15, -0.1) is 0 Å². The fourth-order valence-corrected chi connectivity index (χ4v) is 1.04. The molecule has 2 N–H and O–H groups in total. The van der Waals surface area contributed by atoms with E-state index in [4.69, 9.17) is 5.11 Å². The molecule has 0 saturated carbocycles. The Morgan fingerprint density at radius 1 is 1.67 bits per heavy atom. The van der Waals surface area contributed by atoms with Gasteiger partial charge in [0.1, 0.15) is 0 Å². The van der Waals surface area contributed by atoms with Crippen molar-refractivity contribution in [3.05, 3.63) is 11.9 Å². The van der Waals surface area contributed by atoms with Crippen LogP contribution >= 0.6 is 0 Å². The maximum atomic E-state index is 8.59. The van der Waals surface area contributed by atoms with E-state index in [-0.39, 0.29) is 6.61 Å². The second-order valence-electron chi connectivity index (χ2n) is 2.63. The molecule has 0 amide bonds. The van der Waals surface area contributed by atoms with Gasteiger partial charge in [0.05, 0.1) is 18.0 Å². The van der Waals surface area contributed by atoms with Crippen molar-refractivity contribution in [1.82, 2.24) is 9.78 Å². The Hall–Kier alpha value is -1.03. The summed E-state index contributed by atoms with van der Waals surface area (Å²) in [5.41, 5.74) is 1.98. The number of hydrogen-bond donors (Lipinski definition) is 2. The topological polar surface area (TPSA) is 50.1 Å². The third-order valence-electron chi connectivity index (χ3n) is 1.70. The molecule has 0 spiro atoms. The highest BCUT2D eigenvalue weighted by molar-refractivity contribution is 5.45. The van der Waals surface area contributed by atoms with Crippen molar-refractivity contribution in [1.29, 1.82) is 0 Å². The number of rotatable bonds is 4. The Balaban J connectivity index is 2.64. The molecule has 0 aliphatic heterocycles. The molecule has 0 radical (unpaired) electrons. The van der Waals surface area contributed by atoms with Gasteiger partial charge in [0.2, 0.25) is 0 Å². The van der Waals surface area contributed by atoms with Crippen LogP contribution in [0.25, 0.3) is 0 Å². The maximum absolute atomic E-state index is 8.59. The van der Waals surface area contributed by atoms with Crippen LogP contribution in [0.15, 0.2) is 6.20 Å². The lowest BCUT2D eigenvalue weighted by Gasteiger charge is -1.99. The quantitative estimate of drug-likeness (QED) is 0.694. The van der Waals surface area contributed by atoms with Gasteiger partial charge in [-0.1, -0.05) is 0 Å². The van der Waals surface area contributed by atoms with Crippen molar-refractivity contribution in [3.63, 3.8) is 0 Å². The van der Waals surface area contributed by atoms with Crippen LogP contribution in [0.4, 0.5) is 5.69 Å². The minimum atomic E-state index is 0.150. The van der Waals surface area contributed by atoms with Crippen LogP contribution in [-0.4, -0.2) is 28.0 Å². The van der Waals surface area contributed by atoms with Crippen LogP contribution in [0.2, 0.25) is 0 Å². The highest BCUT2D eigenvalue weighted by Gasteiger charge is 2.01. The molecule has 12 heavy (non-hydrogen) atoms. The van der Waals surface area contributed by atoms with Gasteiger partial charge < -0.3 is 10.4 Å². The van der Waals surface area contributed by atoms with Crippen molar-refractivity contribution >= 4 is 5.69 Å². The Kier molecular flexibility index (Phi) is 3.10. The molecule has 4 heteroatoms. The third-order valence-corrected chi connectivity index (χ3v) is 1.70. The normalized spacial score (nSPS) is 10.2. The first kappa shape index (κ1) is 9.06. The first-order valence-electron chi connectivity index (χ1n) is 4.16. The number of aliphatic hydroxyl groups is 1. The molecular weight excluding hydrogens is 154 g/mol. The number of aliphatic hydroxyl groups excluding tert-OH is 1. The molecule has 4 nitrogen and oxygen atoms in total. The SMILES string of the molecule is CCn1cc(NCCO)c(C)n1. The molecule has 0 unspecified atom stereocenters. The average Bonchev–Trinajstić information content (AvgIpc) is 2.43. The van der Waals surface area contributed by atoms with E-state index in [1.54, 1.807) is 0 Å². The highest BCUT2D eigenvalue weighted by Crippen LogP contribution is 2.11. The summed E-state index contributed by atoms with van der Waals surface area (Å²) in [6.45, 7) is 5.60. The summed E-state index contributed by atoms with van der Waals surface area (Å²) in [7, 11) is 0. The van der Waals surface area contributed by atoms with Crippen LogP contribution < -0.4 is 5.32 Å². The fraction of sp³-hybridized carbons (Fsp3) is 0.625. The monoisotopic (exact) mass is 169 g/mol. The van der Waals surface area contributed by atoms with Gasteiger partial charge in [-0.3, -0.25) is 4.68 Å². The van der Waals surface area contributed by atoms with E-state index in [0.29, 0.717) is 6.54 Å². The van der Waals surface area contributed by atoms with Crippen LogP contribution in [0, 0.1) is 6.92 Å². The first-order chi connectivity index (χ1) is 5.77. The van der Waals surface area contributed by atoms with Gasteiger partial charge in [-0.25, -0.2) is 0 Å². The number of anilines is 1. The number of hydrogen-bond acceptors (Lipinski definition) is 3. The zero-order valence-corrected chi connectivity index (χ0v) is 7.54. The molecule has 0 aromatic carbocycles. The smallest absolute Gasteiger partial charge is 0.0825 e. The average molecular weight is 169 g/mol. The van der Waals surface area contributed by atoms with E-state index in [1.807, 2.05) is 24.7 Å². The zero-order valence-electron chi connectivity index (χ0n) is 7.54. The van der Waals surface area contributed by atoms with Crippen LogP contribution in [0.5, 0.6) is 0 Å². The Morgan fingerprint density at radius 2 is 2.42 bits per heavy atom. The van der Waals surface area contributed by atoms with E-state index in [2.05, 4.69) is 10.4 Å². The fourth-order valence-electron chi connectivity index (χ4n) is 1.04. The Morgan fingerprint density at radius 3 is 2.92 bits per heavy atom. The molecular formula is C8H15N3O. The van der Waals surface area contributed by atoms with E-state index >= 15 is 0 Å². The van der Waals surface area contributed by atoms with Crippen LogP contribution in [-0.2, 0) is 6.54 Å². The molecule has 1 aromatic heterocycles. The molecule has 68 valence electrons. The molecule has 0 aliphatic rings. The standard InChI is InChI=1S/C8H15N3O/c1-3-11-6-8(7(2)10-11)9-4-5-12/h6,9,12H,3-5H2,1-2H3. The summed E-state index contributed by atoms with van der Waals surface area (Å²) in [5, 5.41) is 15.9. The summed E-state index contributed by atoms with van der Waals surface area (Å²) in [4.78, 5) is 0. The van der Waals surface area contributed by atoms with Crippen molar-refractivity contribution in [2.24, 2.45) is 0 Å². The number of aryl methyl sites for hydroxylation is 2. The lowest BCUT2D eigenvalue weighted by Crippen LogP contribution is -2.05. The molecule has 1 aromatic rings. The van der Waals surface area contributed by atoms with E-state index in [9.17, 15) is 0 Å². The predicted octanol–water partition coefficient (Wildman–Crippen LogP) is 0.616. The zero-order chi connectivity index (χ0) is 8.97. The van der Waals surface area contributed by atoms with Crippen molar-refractivity contribution in [3.8, 4) is 0 Å². The van der Waals surface area contributed by atoms with Crippen LogP contribution in [0.1, 0.15) is 12.6 Å². The van der Waals surface area contributed by atoms with Crippen molar-refractivity contribution in [2.45, 2.75) is 20.4 Å². The maximum Gasteiger partial charge on any atom is 0.0825 e. The Bertz CT molecular complexity index is 244. The number of aromatic nitrogens is 2. The summed E-state index contributed by atoms with van der Waals surface area (Å²) < 4.78 is 1.87. The van der Waals surface area contributed by atoms with E-state index in [0.717, 1.165) is 17.9 Å².